The summed E-state index contributed by atoms with van der Waals surface area (Å²) >= 11 is 0. The average molecular weight is 357 g/mol. The number of carbonyl (C=O) groups is 1. The van der Waals surface area contributed by atoms with Gasteiger partial charge in [0.2, 0.25) is 5.95 Å². The fourth-order valence-electron chi connectivity index (χ4n) is 2.96. The van der Waals surface area contributed by atoms with Crippen LogP contribution in [-0.2, 0) is 4.74 Å². The number of carbonyl (C=O) groups excluding carboxylic acids is 1. The molecule has 140 valence electrons. The Labute approximate surface area is 154 Å². The Kier molecular flexibility index (Phi) is 5.44. The third-order valence-corrected chi connectivity index (χ3v) is 4.07. The van der Waals surface area contributed by atoms with Gasteiger partial charge in [0.05, 0.1) is 5.52 Å². The topological polar surface area (TPSA) is 79.4 Å². The molecule has 2 heterocycles. The highest BCUT2D eigenvalue weighted by atomic mass is 16.6. The lowest BCUT2D eigenvalue weighted by atomic mass is 10.2. The van der Waals surface area contributed by atoms with Crippen LogP contribution in [0, 0.1) is 0 Å². The first-order valence-corrected chi connectivity index (χ1v) is 9.15. The molecule has 2 aromatic rings. The normalized spacial score (nSPS) is 14.5. The maximum absolute atomic E-state index is 11.7. The molecule has 0 unspecified atom stereocenters. The van der Waals surface area contributed by atoms with Crippen LogP contribution in [0.15, 0.2) is 24.3 Å². The van der Waals surface area contributed by atoms with Gasteiger partial charge in [-0.15, -0.1) is 0 Å². The van der Waals surface area contributed by atoms with Gasteiger partial charge in [-0.05, 0) is 45.7 Å². The van der Waals surface area contributed by atoms with Crippen molar-refractivity contribution in [1.82, 2.24) is 15.3 Å². The number of nitrogens with one attached hydrogen (secondary N) is 2. The number of anilines is 2. The molecule has 0 spiro atoms. The third kappa shape index (κ3) is 4.74. The minimum atomic E-state index is -0.496. The molecular weight excluding hydrogens is 330 g/mol. The molecule has 3 rings (SSSR count). The molecular formula is C19H27N5O2. The highest BCUT2D eigenvalue weighted by molar-refractivity contribution is 5.90. The Hall–Kier alpha value is -2.57. The molecule has 1 amide bonds. The zero-order valence-corrected chi connectivity index (χ0v) is 15.7. The van der Waals surface area contributed by atoms with E-state index in [4.69, 9.17) is 9.72 Å². The summed E-state index contributed by atoms with van der Waals surface area (Å²) < 4.78 is 5.22. The molecule has 1 aromatic carbocycles. The molecule has 0 radical (unpaired) electrons. The van der Waals surface area contributed by atoms with E-state index in [1.807, 2.05) is 39.0 Å². The molecule has 1 aliphatic rings. The summed E-state index contributed by atoms with van der Waals surface area (Å²) in [4.78, 5) is 23.3. The lowest BCUT2D eigenvalue weighted by Gasteiger charge is -2.20. The number of nitrogens with zero attached hydrogens (tertiary/aromatic N) is 3. The first-order valence-electron chi connectivity index (χ1n) is 9.15. The first-order chi connectivity index (χ1) is 12.4. The number of hydrogen-bond donors (Lipinski definition) is 2. The Balaban J connectivity index is 1.64. The van der Waals surface area contributed by atoms with Crippen LogP contribution < -0.4 is 15.5 Å². The van der Waals surface area contributed by atoms with Crippen LogP contribution in [0.2, 0.25) is 0 Å². The van der Waals surface area contributed by atoms with Crippen molar-refractivity contribution in [3.8, 4) is 0 Å². The quantitative estimate of drug-likeness (QED) is 0.800. The maximum atomic E-state index is 11.7. The summed E-state index contributed by atoms with van der Waals surface area (Å²) in [5, 5.41) is 7.00. The monoisotopic (exact) mass is 357 g/mol. The number of alkyl carbamates (subject to hydrolysis) is 1. The van der Waals surface area contributed by atoms with Crippen LogP contribution >= 0.6 is 0 Å². The maximum Gasteiger partial charge on any atom is 0.407 e. The van der Waals surface area contributed by atoms with E-state index in [-0.39, 0.29) is 0 Å². The van der Waals surface area contributed by atoms with Gasteiger partial charge >= 0.3 is 6.09 Å². The molecule has 0 saturated carbocycles. The summed E-state index contributed by atoms with van der Waals surface area (Å²) in [7, 11) is 0. The van der Waals surface area contributed by atoms with Crippen molar-refractivity contribution in [1.29, 1.82) is 0 Å². The van der Waals surface area contributed by atoms with Crippen molar-refractivity contribution >= 4 is 28.8 Å². The van der Waals surface area contributed by atoms with Gasteiger partial charge in [-0.1, -0.05) is 12.1 Å². The predicted octanol–water partition coefficient (Wildman–Crippen LogP) is 3.17. The number of rotatable bonds is 5. The second kappa shape index (κ2) is 7.76. The minimum Gasteiger partial charge on any atom is -0.444 e. The smallest absolute Gasteiger partial charge is 0.407 e. The molecule has 1 saturated heterocycles. The Morgan fingerprint density at radius 3 is 2.62 bits per heavy atom. The fourth-order valence-corrected chi connectivity index (χ4v) is 2.96. The molecule has 7 heteroatoms. The zero-order valence-electron chi connectivity index (χ0n) is 15.7. The van der Waals surface area contributed by atoms with Gasteiger partial charge < -0.3 is 20.3 Å². The van der Waals surface area contributed by atoms with Gasteiger partial charge in [0.15, 0.2) is 0 Å². The number of aromatic nitrogens is 2. The summed E-state index contributed by atoms with van der Waals surface area (Å²) in [6, 6.07) is 8.07. The van der Waals surface area contributed by atoms with Gasteiger partial charge in [0, 0.05) is 31.6 Å². The average Bonchev–Trinajstić information content (AvgIpc) is 3.11. The lowest BCUT2D eigenvalue weighted by Crippen LogP contribution is -2.35. The van der Waals surface area contributed by atoms with E-state index in [0.29, 0.717) is 19.0 Å². The largest absolute Gasteiger partial charge is 0.444 e. The van der Waals surface area contributed by atoms with E-state index in [0.717, 1.165) is 29.8 Å². The molecule has 2 N–H and O–H groups in total. The predicted molar refractivity (Wildman–Crippen MR) is 104 cm³/mol. The van der Waals surface area contributed by atoms with Gasteiger partial charge in [-0.25, -0.2) is 9.78 Å². The highest BCUT2D eigenvalue weighted by Gasteiger charge is 2.18. The number of amides is 1. The molecule has 1 fully saturated rings. The van der Waals surface area contributed by atoms with Crippen LogP contribution in [0.3, 0.4) is 0 Å². The Morgan fingerprint density at radius 2 is 1.88 bits per heavy atom. The van der Waals surface area contributed by atoms with E-state index in [2.05, 4.69) is 26.6 Å². The van der Waals surface area contributed by atoms with E-state index in [1.165, 1.54) is 12.8 Å². The molecule has 1 aliphatic heterocycles. The second-order valence-electron chi connectivity index (χ2n) is 7.44. The molecule has 0 atom stereocenters. The van der Waals surface area contributed by atoms with E-state index in [9.17, 15) is 4.79 Å². The standard InChI is InChI=1S/C19H27N5O2/c1-19(2,3)26-18(25)21-11-10-20-17-22-15-9-5-4-8-14(15)16(23-17)24-12-6-7-13-24/h4-5,8-9H,6-7,10-13H2,1-3H3,(H,21,25)(H,20,22,23). The zero-order chi connectivity index (χ0) is 18.6. The lowest BCUT2D eigenvalue weighted by molar-refractivity contribution is 0.0530. The van der Waals surface area contributed by atoms with Crippen molar-refractivity contribution in [3.63, 3.8) is 0 Å². The summed E-state index contributed by atoms with van der Waals surface area (Å²) in [6.07, 6.45) is 1.97. The summed E-state index contributed by atoms with van der Waals surface area (Å²) in [6.45, 7) is 8.54. The number of ether oxygens (including phenoxy) is 1. The molecule has 26 heavy (non-hydrogen) atoms. The minimum absolute atomic E-state index is 0.420. The number of benzene rings is 1. The van der Waals surface area contributed by atoms with E-state index in [1.54, 1.807) is 0 Å². The number of fused-ring (bicyclic) bond motifs is 1. The van der Waals surface area contributed by atoms with Crippen molar-refractivity contribution < 1.29 is 9.53 Å². The van der Waals surface area contributed by atoms with Gasteiger partial charge in [-0.2, -0.15) is 4.98 Å². The fraction of sp³-hybridized carbons (Fsp3) is 0.526. The Morgan fingerprint density at radius 1 is 1.15 bits per heavy atom. The molecule has 0 bridgehead atoms. The van der Waals surface area contributed by atoms with Crippen molar-refractivity contribution in [2.45, 2.75) is 39.2 Å². The summed E-state index contributed by atoms with van der Waals surface area (Å²) in [5.74, 6) is 1.56. The molecule has 1 aromatic heterocycles. The van der Waals surface area contributed by atoms with Crippen LogP contribution in [-0.4, -0.2) is 47.8 Å². The van der Waals surface area contributed by atoms with Gasteiger partial charge in [-0.3, -0.25) is 0 Å². The van der Waals surface area contributed by atoms with Gasteiger partial charge in [0.1, 0.15) is 11.4 Å². The number of para-hydroxylation sites is 1. The summed E-state index contributed by atoms with van der Waals surface area (Å²) in [5.41, 5.74) is 0.427. The van der Waals surface area contributed by atoms with Gasteiger partial charge in [0.25, 0.3) is 0 Å². The van der Waals surface area contributed by atoms with E-state index < -0.39 is 11.7 Å². The Bertz CT molecular complexity index is 766. The number of hydrogen-bond acceptors (Lipinski definition) is 6. The van der Waals surface area contributed by atoms with Crippen molar-refractivity contribution in [2.75, 3.05) is 36.4 Å². The van der Waals surface area contributed by atoms with Crippen LogP contribution in [0.5, 0.6) is 0 Å². The SMILES string of the molecule is CC(C)(C)OC(=O)NCCNc1nc(N2CCCC2)c2ccccc2n1. The highest BCUT2D eigenvalue weighted by Crippen LogP contribution is 2.27. The van der Waals surface area contributed by atoms with Crippen LogP contribution in [0.1, 0.15) is 33.6 Å². The van der Waals surface area contributed by atoms with Crippen LogP contribution in [0.25, 0.3) is 10.9 Å². The molecule has 0 aliphatic carbocycles. The van der Waals surface area contributed by atoms with Crippen molar-refractivity contribution in [3.05, 3.63) is 24.3 Å². The van der Waals surface area contributed by atoms with Crippen molar-refractivity contribution in [2.24, 2.45) is 0 Å². The van der Waals surface area contributed by atoms with E-state index >= 15 is 0 Å². The first kappa shape index (κ1) is 18.2. The molecule has 7 nitrogen and oxygen atoms in total. The van der Waals surface area contributed by atoms with Crippen LogP contribution in [0.4, 0.5) is 16.6 Å². The third-order valence-electron chi connectivity index (χ3n) is 4.07. The second-order valence-corrected chi connectivity index (χ2v) is 7.44.